The van der Waals surface area contributed by atoms with E-state index in [1.165, 1.54) is 77.6 Å². The number of hydrogen-bond donors (Lipinski definition) is 1. The maximum absolute atomic E-state index is 12.0. The van der Waals surface area contributed by atoms with Crippen molar-refractivity contribution in [3.63, 3.8) is 0 Å². The summed E-state index contributed by atoms with van der Waals surface area (Å²) in [5.41, 5.74) is -0.534. The SMILES string of the molecule is CCCCCCCC/C=C\CCCCCCC/C=C1\C[C@@](CO)(COC(C)=O)OC1=O. The van der Waals surface area contributed by atoms with E-state index in [1.54, 1.807) is 0 Å². The lowest BCUT2D eigenvalue weighted by molar-refractivity contribution is -0.164. The van der Waals surface area contributed by atoms with E-state index in [9.17, 15) is 14.7 Å². The first-order valence-electron chi connectivity index (χ1n) is 12.3. The van der Waals surface area contributed by atoms with Gasteiger partial charge in [0.15, 0.2) is 5.60 Å². The quantitative estimate of drug-likeness (QED) is 0.120. The largest absolute Gasteiger partial charge is 0.462 e. The van der Waals surface area contributed by atoms with Crippen molar-refractivity contribution >= 4 is 11.9 Å². The minimum absolute atomic E-state index is 0.102. The summed E-state index contributed by atoms with van der Waals surface area (Å²) in [5.74, 6) is -0.858. The third kappa shape index (κ3) is 12.7. The van der Waals surface area contributed by atoms with Gasteiger partial charge in [-0.05, 0) is 38.5 Å². The maximum atomic E-state index is 12.0. The van der Waals surface area contributed by atoms with Gasteiger partial charge in [-0.1, -0.05) is 76.5 Å². The summed E-state index contributed by atoms with van der Waals surface area (Å²) in [5, 5.41) is 9.58. The van der Waals surface area contributed by atoms with Gasteiger partial charge >= 0.3 is 11.9 Å². The summed E-state index contributed by atoms with van der Waals surface area (Å²) in [6.07, 6.45) is 24.2. The molecule has 1 rings (SSSR count). The molecule has 5 heteroatoms. The molecule has 0 spiro atoms. The highest BCUT2D eigenvalue weighted by atomic mass is 16.6. The molecule has 1 saturated heterocycles. The number of aliphatic hydroxyl groups is 1. The maximum Gasteiger partial charge on any atom is 0.334 e. The Morgan fingerprint density at radius 1 is 0.968 bits per heavy atom. The summed E-state index contributed by atoms with van der Waals surface area (Å²) >= 11 is 0. The Balaban J connectivity index is 2.04. The van der Waals surface area contributed by atoms with Crippen LogP contribution in [-0.2, 0) is 19.1 Å². The zero-order valence-corrected chi connectivity index (χ0v) is 19.8. The van der Waals surface area contributed by atoms with E-state index in [4.69, 9.17) is 9.47 Å². The van der Waals surface area contributed by atoms with Crippen LogP contribution < -0.4 is 0 Å². The Kier molecular flexibility index (Phi) is 15.0. The number of rotatable bonds is 18. The van der Waals surface area contributed by atoms with Crippen molar-refractivity contribution in [3.05, 3.63) is 23.8 Å². The van der Waals surface area contributed by atoms with Gasteiger partial charge < -0.3 is 14.6 Å². The highest BCUT2D eigenvalue weighted by Crippen LogP contribution is 2.31. The van der Waals surface area contributed by atoms with Gasteiger partial charge in [-0.15, -0.1) is 0 Å². The number of hydrogen-bond acceptors (Lipinski definition) is 5. The van der Waals surface area contributed by atoms with Crippen molar-refractivity contribution in [1.82, 2.24) is 0 Å². The van der Waals surface area contributed by atoms with Crippen molar-refractivity contribution in [2.75, 3.05) is 13.2 Å². The first-order valence-corrected chi connectivity index (χ1v) is 12.3. The molecule has 0 unspecified atom stereocenters. The number of aliphatic hydroxyl groups excluding tert-OH is 1. The minimum Gasteiger partial charge on any atom is -0.462 e. The number of unbranched alkanes of at least 4 members (excludes halogenated alkanes) is 12. The topological polar surface area (TPSA) is 72.8 Å². The summed E-state index contributed by atoms with van der Waals surface area (Å²) in [6.45, 7) is 3.10. The minimum atomic E-state index is -1.11. The predicted octanol–water partition coefficient (Wildman–Crippen LogP) is 6.19. The van der Waals surface area contributed by atoms with Crippen LogP contribution in [-0.4, -0.2) is 35.9 Å². The van der Waals surface area contributed by atoms with Gasteiger partial charge in [0.1, 0.15) is 6.61 Å². The number of carbonyl (C=O) groups excluding carboxylic acids is 2. The summed E-state index contributed by atoms with van der Waals surface area (Å²) in [6, 6.07) is 0. The standard InChI is InChI=1S/C26H44O5/c1-3-4-5-6-7-8-9-10-11-12-13-14-15-16-17-18-19-24-20-26(21-27,31-25(24)29)22-30-23(2)28/h10-11,19,27H,3-9,12-18,20-22H2,1-2H3/b11-10-,24-19+/t26-/m1/s1. The summed E-state index contributed by atoms with van der Waals surface area (Å²) < 4.78 is 10.2. The molecule has 31 heavy (non-hydrogen) atoms. The van der Waals surface area contributed by atoms with Crippen molar-refractivity contribution in [3.8, 4) is 0 Å². The van der Waals surface area contributed by atoms with Crippen LogP contribution in [0, 0.1) is 0 Å². The second kappa shape index (κ2) is 17.0. The Hall–Kier alpha value is -1.62. The van der Waals surface area contributed by atoms with Gasteiger partial charge in [0.05, 0.1) is 6.61 Å². The molecule has 0 amide bonds. The fourth-order valence-corrected chi connectivity index (χ4v) is 3.81. The lowest BCUT2D eigenvalue weighted by atomic mass is 9.98. The zero-order valence-electron chi connectivity index (χ0n) is 19.8. The molecule has 0 saturated carbocycles. The molecule has 0 aromatic heterocycles. The Labute approximate surface area is 189 Å². The molecule has 1 N–H and O–H groups in total. The van der Waals surface area contributed by atoms with E-state index in [-0.39, 0.29) is 13.2 Å². The third-order valence-electron chi connectivity index (χ3n) is 5.77. The van der Waals surface area contributed by atoms with Gasteiger partial charge in [0, 0.05) is 18.9 Å². The molecule has 0 aromatic carbocycles. The van der Waals surface area contributed by atoms with Gasteiger partial charge in [0.25, 0.3) is 0 Å². The Morgan fingerprint density at radius 3 is 2.06 bits per heavy atom. The third-order valence-corrected chi connectivity index (χ3v) is 5.77. The molecular formula is C26H44O5. The molecule has 5 nitrogen and oxygen atoms in total. The number of esters is 2. The van der Waals surface area contributed by atoms with E-state index in [2.05, 4.69) is 19.1 Å². The fourth-order valence-electron chi connectivity index (χ4n) is 3.81. The first kappa shape index (κ1) is 27.4. The van der Waals surface area contributed by atoms with Crippen molar-refractivity contribution in [1.29, 1.82) is 0 Å². The number of allylic oxidation sites excluding steroid dienone is 3. The molecule has 1 aliphatic rings. The average molecular weight is 437 g/mol. The van der Waals surface area contributed by atoms with Crippen LogP contribution in [0.25, 0.3) is 0 Å². The van der Waals surface area contributed by atoms with E-state index >= 15 is 0 Å². The first-order chi connectivity index (χ1) is 15.0. The lowest BCUT2D eigenvalue weighted by Crippen LogP contribution is -2.39. The average Bonchev–Trinajstić information content (AvgIpc) is 3.08. The van der Waals surface area contributed by atoms with Gasteiger partial charge in [0.2, 0.25) is 0 Å². The molecule has 1 atom stereocenters. The summed E-state index contributed by atoms with van der Waals surface area (Å²) in [7, 11) is 0. The smallest absolute Gasteiger partial charge is 0.334 e. The second-order valence-corrected chi connectivity index (χ2v) is 8.79. The van der Waals surface area contributed by atoms with Gasteiger partial charge in [-0.2, -0.15) is 0 Å². The Bertz CT molecular complexity index is 566. The predicted molar refractivity (Wildman–Crippen MR) is 125 cm³/mol. The summed E-state index contributed by atoms with van der Waals surface area (Å²) in [4.78, 5) is 23.0. The highest BCUT2D eigenvalue weighted by Gasteiger charge is 2.44. The molecule has 0 aliphatic carbocycles. The van der Waals surface area contributed by atoms with E-state index in [0.717, 1.165) is 19.3 Å². The second-order valence-electron chi connectivity index (χ2n) is 8.79. The van der Waals surface area contributed by atoms with Crippen LogP contribution in [0.4, 0.5) is 0 Å². The number of cyclic esters (lactones) is 1. The van der Waals surface area contributed by atoms with Crippen LogP contribution in [0.15, 0.2) is 23.8 Å². The molecule has 0 bridgehead atoms. The highest BCUT2D eigenvalue weighted by molar-refractivity contribution is 5.91. The molecule has 1 fully saturated rings. The molecule has 0 radical (unpaired) electrons. The van der Waals surface area contributed by atoms with Crippen LogP contribution in [0.2, 0.25) is 0 Å². The van der Waals surface area contributed by atoms with Crippen LogP contribution >= 0.6 is 0 Å². The lowest BCUT2D eigenvalue weighted by Gasteiger charge is -2.23. The molecular weight excluding hydrogens is 392 g/mol. The Morgan fingerprint density at radius 2 is 1.52 bits per heavy atom. The van der Waals surface area contributed by atoms with E-state index < -0.39 is 17.5 Å². The van der Waals surface area contributed by atoms with Crippen molar-refractivity contribution < 1.29 is 24.2 Å². The van der Waals surface area contributed by atoms with Gasteiger partial charge in [-0.25, -0.2) is 4.79 Å². The van der Waals surface area contributed by atoms with Crippen LogP contribution in [0.3, 0.4) is 0 Å². The monoisotopic (exact) mass is 436 g/mol. The molecule has 178 valence electrons. The van der Waals surface area contributed by atoms with Gasteiger partial charge in [-0.3, -0.25) is 4.79 Å². The zero-order chi connectivity index (χ0) is 22.8. The van der Waals surface area contributed by atoms with Crippen LogP contribution in [0.5, 0.6) is 0 Å². The van der Waals surface area contributed by atoms with Crippen molar-refractivity contribution in [2.24, 2.45) is 0 Å². The molecule has 0 aromatic rings. The number of ether oxygens (including phenoxy) is 2. The number of carbonyl (C=O) groups is 2. The molecule has 1 aliphatic heterocycles. The molecule has 1 heterocycles. The fraction of sp³-hybridized carbons (Fsp3) is 0.769. The van der Waals surface area contributed by atoms with Crippen LogP contribution in [0.1, 0.15) is 110 Å². The van der Waals surface area contributed by atoms with Crippen molar-refractivity contribution in [2.45, 2.75) is 116 Å². The normalized spacial score (nSPS) is 20.0. The van der Waals surface area contributed by atoms with E-state index in [1.807, 2.05) is 6.08 Å². The van der Waals surface area contributed by atoms with E-state index in [0.29, 0.717) is 12.0 Å².